The fraction of sp³-hybridized carbons (Fsp3) is 0.333. The van der Waals surface area contributed by atoms with Crippen LogP contribution in [0.1, 0.15) is 37.7 Å². The Labute approximate surface area is 124 Å². The molecular formula is C15H17N3O2S. The molecule has 5 nitrogen and oxygen atoms in total. The normalized spacial score (nSPS) is 16.7. The molecule has 0 saturated heterocycles. The number of aromatic nitrogens is 3. The second kappa shape index (κ2) is 4.27. The number of allylic oxidation sites excluding steroid dienone is 1. The average Bonchev–Trinajstić information content (AvgIpc) is 2.81. The highest BCUT2D eigenvalue weighted by Crippen LogP contribution is 2.38. The third-order valence-corrected chi connectivity index (χ3v) is 4.80. The standard InChI is InChI=1S/C15H17N3O2S/c1-10-9-11-7-5-6-8-12(11)15(2,3)13-16-17-14(18(10)13)21(4,19)20/h5-9H,1-4H3. The van der Waals surface area contributed by atoms with Gasteiger partial charge in [-0.15, -0.1) is 10.2 Å². The van der Waals surface area contributed by atoms with E-state index in [9.17, 15) is 8.42 Å². The second-order valence-electron chi connectivity index (χ2n) is 5.91. The smallest absolute Gasteiger partial charge is 0.253 e. The summed E-state index contributed by atoms with van der Waals surface area (Å²) in [6, 6.07) is 8.03. The van der Waals surface area contributed by atoms with E-state index in [1.165, 1.54) is 0 Å². The van der Waals surface area contributed by atoms with Crippen LogP contribution in [-0.4, -0.2) is 29.4 Å². The van der Waals surface area contributed by atoms with Crippen LogP contribution in [0.5, 0.6) is 0 Å². The fourth-order valence-electron chi connectivity index (χ4n) is 2.83. The van der Waals surface area contributed by atoms with E-state index in [1.807, 2.05) is 51.1 Å². The van der Waals surface area contributed by atoms with Gasteiger partial charge in [0.1, 0.15) is 5.82 Å². The highest BCUT2D eigenvalue weighted by atomic mass is 32.2. The van der Waals surface area contributed by atoms with Crippen LogP contribution in [0, 0.1) is 0 Å². The van der Waals surface area contributed by atoms with Crippen molar-refractivity contribution in [2.24, 2.45) is 0 Å². The van der Waals surface area contributed by atoms with Crippen molar-refractivity contribution in [3.8, 4) is 0 Å². The Morgan fingerprint density at radius 1 is 1.14 bits per heavy atom. The van der Waals surface area contributed by atoms with Gasteiger partial charge < -0.3 is 0 Å². The molecule has 1 aliphatic rings. The third kappa shape index (κ3) is 2.01. The third-order valence-electron chi connectivity index (χ3n) is 3.88. The van der Waals surface area contributed by atoms with Crippen molar-refractivity contribution in [2.75, 3.05) is 6.26 Å². The van der Waals surface area contributed by atoms with Crippen molar-refractivity contribution in [1.82, 2.24) is 14.8 Å². The monoisotopic (exact) mass is 303 g/mol. The molecule has 3 rings (SSSR count). The van der Waals surface area contributed by atoms with E-state index >= 15 is 0 Å². The molecule has 0 amide bonds. The quantitative estimate of drug-likeness (QED) is 0.811. The van der Waals surface area contributed by atoms with Gasteiger partial charge in [0.25, 0.3) is 5.16 Å². The summed E-state index contributed by atoms with van der Waals surface area (Å²) in [5, 5.41) is 8.08. The molecule has 0 radical (unpaired) electrons. The van der Waals surface area contributed by atoms with Crippen LogP contribution in [0.2, 0.25) is 0 Å². The van der Waals surface area contributed by atoms with E-state index in [0.717, 1.165) is 23.1 Å². The van der Waals surface area contributed by atoms with Gasteiger partial charge in [0, 0.05) is 12.0 Å². The van der Waals surface area contributed by atoms with Gasteiger partial charge in [-0.1, -0.05) is 24.3 Å². The maximum absolute atomic E-state index is 12.0. The number of nitrogens with zero attached hydrogens (tertiary/aromatic N) is 3. The summed E-state index contributed by atoms with van der Waals surface area (Å²) < 4.78 is 25.6. The molecule has 0 spiro atoms. The van der Waals surface area contributed by atoms with Crippen molar-refractivity contribution >= 4 is 21.6 Å². The van der Waals surface area contributed by atoms with Gasteiger partial charge in [0.15, 0.2) is 0 Å². The lowest BCUT2D eigenvalue weighted by Crippen LogP contribution is -2.24. The summed E-state index contributed by atoms with van der Waals surface area (Å²) in [6.45, 7) is 5.94. The molecule has 0 fully saturated rings. The molecule has 1 aromatic carbocycles. The van der Waals surface area contributed by atoms with E-state index in [-0.39, 0.29) is 5.16 Å². The zero-order valence-corrected chi connectivity index (χ0v) is 13.3. The summed E-state index contributed by atoms with van der Waals surface area (Å²) in [7, 11) is -3.44. The van der Waals surface area contributed by atoms with E-state index in [0.29, 0.717) is 5.82 Å². The highest BCUT2D eigenvalue weighted by molar-refractivity contribution is 7.90. The Morgan fingerprint density at radius 2 is 1.81 bits per heavy atom. The van der Waals surface area contributed by atoms with Gasteiger partial charge in [0.2, 0.25) is 9.84 Å². The zero-order chi connectivity index (χ0) is 15.4. The number of sulfone groups is 1. The molecule has 110 valence electrons. The van der Waals surface area contributed by atoms with Crippen molar-refractivity contribution in [3.63, 3.8) is 0 Å². The summed E-state index contributed by atoms with van der Waals surface area (Å²) in [5.41, 5.74) is 2.55. The lowest BCUT2D eigenvalue weighted by atomic mass is 9.81. The Bertz CT molecular complexity index is 861. The van der Waals surface area contributed by atoms with Gasteiger partial charge in [-0.25, -0.2) is 8.42 Å². The predicted molar refractivity (Wildman–Crippen MR) is 81.5 cm³/mol. The summed E-state index contributed by atoms with van der Waals surface area (Å²) in [6.07, 6.45) is 3.13. The molecule has 0 bridgehead atoms. The number of rotatable bonds is 1. The minimum absolute atomic E-state index is 0.00729. The molecule has 1 aliphatic heterocycles. The second-order valence-corrected chi connectivity index (χ2v) is 7.82. The van der Waals surface area contributed by atoms with E-state index < -0.39 is 15.3 Å². The summed E-state index contributed by atoms with van der Waals surface area (Å²) >= 11 is 0. The van der Waals surface area contributed by atoms with Crippen LogP contribution in [-0.2, 0) is 15.3 Å². The van der Waals surface area contributed by atoms with Crippen molar-refractivity contribution in [2.45, 2.75) is 31.3 Å². The topological polar surface area (TPSA) is 64.8 Å². The lowest BCUT2D eigenvalue weighted by Gasteiger charge is -2.24. The molecule has 2 aromatic rings. The highest BCUT2D eigenvalue weighted by Gasteiger charge is 2.36. The molecule has 0 aliphatic carbocycles. The lowest BCUT2D eigenvalue weighted by molar-refractivity contribution is 0.568. The van der Waals surface area contributed by atoms with Crippen LogP contribution < -0.4 is 0 Å². The minimum atomic E-state index is -3.44. The van der Waals surface area contributed by atoms with E-state index in [2.05, 4.69) is 10.2 Å². The van der Waals surface area contributed by atoms with Crippen molar-refractivity contribution < 1.29 is 8.42 Å². The van der Waals surface area contributed by atoms with Crippen molar-refractivity contribution in [3.05, 3.63) is 41.2 Å². The SMILES string of the molecule is CC1=Cc2ccccc2C(C)(C)c2nnc(S(C)(=O)=O)n21. The maximum Gasteiger partial charge on any atom is 0.253 e. The van der Waals surface area contributed by atoms with E-state index in [1.54, 1.807) is 4.57 Å². The van der Waals surface area contributed by atoms with Gasteiger partial charge in [0.05, 0.1) is 5.41 Å². The summed E-state index contributed by atoms with van der Waals surface area (Å²) in [4.78, 5) is 0. The van der Waals surface area contributed by atoms with Crippen LogP contribution in [0.25, 0.3) is 11.8 Å². The molecule has 2 heterocycles. The zero-order valence-electron chi connectivity index (χ0n) is 12.5. The average molecular weight is 303 g/mol. The number of benzene rings is 1. The van der Waals surface area contributed by atoms with Crippen molar-refractivity contribution in [1.29, 1.82) is 0 Å². The molecule has 0 unspecified atom stereocenters. The molecule has 0 atom stereocenters. The summed E-state index contributed by atoms with van der Waals surface area (Å²) in [5.74, 6) is 0.640. The molecular weight excluding hydrogens is 286 g/mol. The molecule has 21 heavy (non-hydrogen) atoms. The van der Waals surface area contributed by atoms with Crippen LogP contribution >= 0.6 is 0 Å². The maximum atomic E-state index is 12.0. The Kier molecular flexibility index (Phi) is 2.85. The first-order chi connectivity index (χ1) is 9.73. The number of hydrogen-bond acceptors (Lipinski definition) is 4. The fourth-order valence-corrected chi connectivity index (χ4v) is 3.59. The first kappa shape index (κ1) is 14.0. The minimum Gasteiger partial charge on any atom is -0.273 e. The van der Waals surface area contributed by atoms with Gasteiger partial charge in [-0.05, 0) is 38.0 Å². The Hall–Kier alpha value is -1.95. The van der Waals surface area contributed by atoms with E-state index in [4.69, 9.17) is 0 Å². The Balaban J connectivity index is 2.42. The van der Waals surface area contributed by atoms with Gasteiger partial charge in [-0.2, -0.15) is 0 Å². The van der Waals surface area contributed by atoms with Crippen LogP contribution in [0.3, 0.4) is 0 Å². The van der Waals surface area contributed by atoms with Crippen LogP contribution in [0.4, 0.5) is 0 Å². The molecule has 1 aromatic heterocycles. The van der Waals surface area contributed by atoms with Crippen LogP contribution in [0.15, 0.2) is 29.4 Å². The van der Waals surface area contributed by atoms with Gasteiger partial charge >= 0.3 is 0 Å². The molecule has 6 heteroatoms. The Morgan fingerprint density at radius 3 is 2.48 bits per heavy atom. The predicted octanol–water partition coefficient (Wildman–Crippen LogP) is 2.34. The molecule has 0 saturated carbocycles. The number of hydrogen-bond donors (Lipinski definition) is 0. The number of fused-ring (bicyclic) bond motifs is 2. The first-order valence-electron chi connectivity index (χ1n) is 6.67. The largest absolute Gasteiger partial charge is 0.273 e. The first-order valence-corrected chi connectivity index (χ1v) is 8.56. The molecule has 0 N–H and O–H groups in total. The van der Waals surface area contributed by atoms with Gasteiger partial charge in [-0.3, -0.25) is 4.57 Å².